The number of ether oxygens (including phenoxy) is 1. The lowest BCUT2D eigenvalue weighted by Gasteiger charge is -2.19. The van der Waals surface area contributed by atoms with Gasteiger partial charge in [-0.1, -0.05) is 25.4 Å². The Morgan fingerprint density at radius 2 is 1.97 bits per heavy atom. The SMILES string of the molecule is CCN(CC)CCCC(=O)c1ccc(/C=C2\C(=O)N(Cc3ncc(C)c(OC)c3C)c3nc(N)nc(Cl)c32)[nH]1. The molecule has 0 spiro atoms. The summed E-state index contributed by atoms with van der Waals surface area (Å²) >= 11 is 6.48. The molecular weight excluding hydrogens is 518 g/mol. The number of ketones is 1. The third kappa shape index (κ3) is 5.81. The van der Waals surface area contributed by atoms with Crippen molar-refractivity contribution in [3.05, 3.63) is 57.3 Å². The van der Waals surface area contributed by atoms with Crippen LogP contribution in [0.3, 0.4) is 0 Å². The van der Waals surface area contributed by atoms with Gasteiger partial charge in [-0.2, -0.15) is 4.98 Å². The zero-order chi connectivity index (χ0) is 28.3. The van der Waals surface area contributed by atoms with E-state index >= 15 is 0 Å². The molecule has 0 saturated heterocycles. The number of aromatic amines is 1. The number of aromatic nitrogens is 4. The molecule has 0 bridgehead atoms. The van der Waals surface area contributed by atoms with Gasteiger partial charge in [-0.25, -0.2) is 4.98 Å². The predicted octanol–water partition coefficient (Wildman–Crippen LogP) is 4.45. The van der Waals surface area contributed by atoms with E-state index in [0.717, 1.165) is 37.2 Å². The van der Waals surface area contributed by atoms with Gasteiger partial charge in [0.2, 0.25) is 5.95 Å². The van der Waals surface area contributed by atoms with Crippen LogP contribution < -0.4 is 15.4 Å². The van der Waals surface area contributed by atoms with Crippen molar-refractivity contribution < 1.29 is 14.3 Å². The van der Waals surface area contributed by atoms with Gasteiger partial charge in [-0.05, 0) is 58.1 Å². The van der Waals surface area contributed by atoms with E-state index in [1.165, 1.54) is 4.90 Å². The van der Waals surface area contributed by atoms with E-state index in [9.17, 15) is 9.59 Å². The van der Waals surface area contributed by atoms with Crippen molar-refractivity contribution in [1.82, 2.24) is 24.8 Å². The first-order chi connectivity index (χ1) is 18.7. The smallest absolute Gasteiger partial charge is 0.260 e. The lowest BCUT2D eigenvalue weighted by Crippen LogP contribution is -2.27. The summed E-state index contributed by atoms with van der Waals surface area (Å²) in [5.41, 5.74) is 10.0. The average molecular weight is 552 g/mol. The number of pyridine rings is 1. The molecule has 1 aliphatic rings. The second-order valence-corrected chi connectivity index (χ2v) is 9.81. The molecule has 0 aliphatic carbocycles. The van der Waals surface area contributed by atoms with Gasteiger partial charge in [0, 0.05) is 29.4 Å². The fraction of sp³-hybridized carbons (Fsp3) is 0.393. The molecule has 39 heavy (non-hydrogen) atoms. The minimum atomic E-state index is -0.325. The van der Waals surface area contributed by atoms with E-state index in [1.807, 2.05) is 13.8 Å². The van der Waals surface area contributed by atoms with Crippen LogP contribution in [0.15, 0.2) is 18.3 Å². The number of Topliss-reactive ketones (excluding diaryl/α,β-unsaturated/α-hetero) is 1. The van der Waals surface area contributed by atoms with E-state index in [0.29, 0.717) is 46.2 Å². The van der Waals surface area contributed by atoms with Gasteiger partial charge in [-0.15, -0.1) is 0 Å². The van der Waals surface area contributed by atoms with Gasteiger partial charge < -0.3 is 20.4 Å². The van der Waals surface area contributed by atoms with Crippen LogP contribution in [-0.2, 0) is 11.3 Å². The Morgan fingerprint density at radius 1 is 1.23 bits per heavy atom. The molecule has 4 rings (SSSR count). The number of anilines is 2. The average Bonchev–Trinajstić information content (AvgIpc) is 3.47. The van der Waals surface area contributed by atoms with Gasteiger partial charge in [-0.3, -0.25) is 19.5 Å². The molecule has 4 heterocycles. The maximum atomic E-state index is 13.7. The van der Waals surface area contributed by atoms with Crippen LogP contribution in [0.5, 0.6) is 5.75 Å². The number of hydrogen-bond acceptors (Lipinski definition) is 8. The number of nitrogens with two attached hydrogens (primary N) is 1. The maximum absolute atomic E-state index is 13.7. The summed E-state index contributed by atoms with van der Waals surface area (Å²) in [5.74, 6) is 0.679. The molecular formula is C28H34ClN7O3. The highest BCUT2D eigenvalue weighted by Gasteiger charge is 2.37. The van der Waals surface area contributed by atoms with Crippen molar-refractivity contribution in [2.75, 3.05) is 37.4 Å². The zero-order valence-electron chi connectivity index (χ0n) is 23.0. The van der Waals surface area contributed by atoms with E-state index < -0.39 is 0 Å². The first kappa shape index (κ1) is 28.3. The van der Waals surface area contributed by atoms with Crippen LogP contribution in [0.4, 0.5) is 11.8 Å². The summed E-state index contributed by atoms with van der Waals surface area (Å²) in [6, 6.07) is 3.50. The second kappa shape index (κ2) is 12.0. The van der Waals surface area contributed by atoms with Crippen molar-refractivity contribution in [2.24, 2.45) is 0 Å². The fourth-order valence-electron chi connectivity index (χ4n) is 4.83. The maximum Gasteiger partial charge on any atom is 0.260 e. The summed E-state index contributed by atoms with van der Waals surface area (Å²) in [5, 5.41) is 0.0741. The summed E-state index contributed by atoms with van der Waals surface area (Å²) in [6.07, 6.45) is 4.59. The van der Waals surface area contributed by atoms with Gasteiger partial charge in [0.15, 0.2) is 11.6 Å². The molecule has 1 amide bonds. The Bertz CT molecular complexity index is 1430. The number of amides is 1. The molecule has 0 unspecified atom stereocenters. The molecule has 0 saturated carbocycles. The first-order valence-electron chi connectivity index (χ1n) is 13.0. The van der Waals surface area contributed by atoms with Crippen molar-refractivity contribution in [1.29, 1.82) is 0 Å². The second-order valence-electron chi connectivity index (χ2n) is 9.45. The molecule has 0 atom stereocenters. The number of rotatable bonds is 11. The topological polar surface area (TPSA) is 130 Å². The molecule has 0 radical (unpaired) electrons. The third-order valence-electron chi connectivity index (χ3n) is 7.00. The standard InChI is InChI=1S/C28H34ClN7O3/c1-6-35(7-2)12-8-9-22(37)20-11-10-18(32-20)13-19-23-25(29)33-28(30)34-26(23)36(27(19)38)15-21-17(4)24(39-5)16(3)14-31-21/h10-11,13-14,32H,6-9,12,15H2,1-5H3,(H2,30,33,34)/b19-13-. The zero-order valence-corrected chi connectivity index (χ0v) is 23.7. The number of carbonyl (C=O) groups is 2. The molecule has 206 valence electrons. The van der Waals surface area contributed by atoms with E-state index in [-0.39, 0.29) is 29.3 Å². The molecule has 10 nitrogen and oxygen atoms in total. The third-order valence-corrected chi connectivity index (χ3v) is 7.28. The number of nitrogens with one attached hydrogen (secondary N) is 1. The number of fused-ring (bicyclic) bond motifs is 1. The van der Waals surface area contributed by atoms with Crippen LogP contribution in [0.2, 0.25) is 5.15 Å². The number of halogens is 1. The van der Waals surface area contributed by atoms with Crippen molar-refractivity contribution >= 4 is 46.7 Å². The molecule has 11 heteroatoms. The molecule has 3 N–H and O–H groups in total. The number of nitrogen functional groups attached to an aromatic ring is 1. The number of carbonyl (C=O) groups excluding carboxylic acids is 2. The molecule has 3 aromatic heterocycles. The highest BCUT2D eigenvalue weighted by molar-refractivity contribution is 6.41. The minimum Gasteiger partial charge on any atom is -0.496 e. The van der Waals surface area contributed by atoms with Crippen molar-refractivity contribution in [3.8, 4) is 5.75 Å². The van der Waals surface area contributed by atoms with Gasteiger partial charge >= 0.3 is 0 Å². The molecule has 0 aromatic carbocycles. The normalized spacial score (nSPS) is 14.0. The largest absolute Gasteiger partial charge is 0.496 e. The van der Waals surface area contributed by atoms with E-state index in [4.69, 9.17) is 22.1 Å². The number of hydrogen-bond donors (Lipinski definition) is 2. The van der Waals surface area contributed by atoms with E-state index in [2.05, 4.69) is 38.7 Å². The lowest BCUT2D eigenvalue weighted by atomic mass is 10.1. The Morgan fingerprint density at radius 3 is 2.67 bits per heavy atom. The Kier molecular flexibility index (Phi) is 8.66. The summed E-state index contributed by atoms with van der Waals surface area (Å²) in [7, 11) is 1.60. The van der Waals surface area contributed by atoms with Gasteiger partial charge in [0.25, 0.3) is 5.91 Å². The highest BCUT2D eigenvalue weighted by Crippen LogP contribution is 2.41. The molecule has 3 aromatic rings. The summed E-state index contributed by atoms with van der Waals surface area (Å²) < 4.78 is 5.53. The minimum absolute atomic E-state index is 0.0237. The van der Waals surface area contributed by atoms with Crippen LogP contribution in [0.25, 0.3) is 11.6 Å². The number of aryl methyl sites for hydroxylation is 1. The van der Waals surface area contributed by atoms with Crippen LogP contribution in [0, 0.1) is 13.8 Å². The van der Waals surface area contributed by atoms with Crippen molar-refractivity contribution in [2.45, 2.75) is 47.1 Å². The Balaban J connectivity index is 1.62. The lowest BCUT2D eigenvalue weighted by molar-refractivity contribution is -0.113. The Hall–Kier alpha value is -3.76. The van der Waals surface area contributed by atoms with Gasteiger partial charge in [0.1, 0.15) is 10.9 Å². The van der Waals surface area contributed by atoms with E-state index in [1.54, 1.807) is 31.5 Å². The number of methoxy groups -OCH3 is 1. The van der Waals surface area contributed by atoms with Crippen molar-refractivity contribution in [3.63, 3.8) is 0 Å². The fourth-order valence-corrected chi connectivity index (χ4v) is 5.10. The summed E-state index contributed by atoms with van der Waals surface area (Å²) in [4.78, 5) is 46.3. The summed E-state index contributed by atoms with van der Waals surface area (Å²) in [6.45, 7) is 11.0. The monoisotopic (exact) mass is 551 g/mol. The first-order valence-corrected chi connectivity index (χ1v) is 13.4. The molecule has 0 fully saturated rings. The number of nitrogens with zero attached hydrogens (tertiary/aromatic N) is 5. The van der Waals surface area contributed by atoms with Gasteiger partial charge in [0.05, 0.1) is 36.2 Å². The highest BCUT2D eigenvalue weighted by atomic mass is 35.5. The predicted molar refractivity (Wildman–Crippen MR) is 153 cm³/mol. The molecule has 1 aliphatic heterocycles. The van der Waals surface area contributed by atoms with Crippen LogP contribution in [0.1, 0.15) is 65.3 Å². The quantitative estimate of drug-likeness (QED) is 0.203. The Labute approximate surface area is 233 Å². The van der Waals surface area contributed by atoms with Crippen LogP contribution >= 0.6 is 11.6 Å². The number of H-pyrrole nitrogens is 1. The van der Waals surface area contributed by atoms with Crippen LogP contribution in [-0.4, -0.2) is 63.3 Å².